The molecular weight excluding hydrogens is 335 g/mol. The molecule has 1 saturated heterocycles. The van der Waals surface area contributed by atoms with Gasteiger partial charge in [-0.1, -0.05) is 6.08 Å². The molecule has 0 radical (unpaired) electrons. The molecule has 130 valence electrons. The molecule has 0 unspecified atom stereocenters. The molecule has 0 N–H and O–H groups in total. The lowest BCUT2D eigenvalue weighted by Gasteiger charge is -2.41. The lowest BCUT2D eigenvalue weighted by atomic mass is 10.1. The highest BCUT2D eigenvalue weighted by Gasteiger charge is 2.47. The van der Waals surface area contributed by atoms with Gasteiger partial charge in [-0.25, -0.2) is 18.8 Å². The lowest BCUT2D eigenvalue weighted by Crippen LogP contribution is -2.57. The summed E-state index contributed by atoms with van der Waals surface area (Å²) in [5.74, 6) is -3.86. The third-order valence-electron chi connectivity index (χ3n) is 3.80. The van der Waals surface area contributed by atoms with Crippen LogP contribution >= 0.6 is 0 Å². The van der Waals surface area contributed by atoms with Crippen LogP contribution in [0.4, 0.5) is 33.6 Å². The first-order valence-corrected chi connectivity index (χ1v) is 7.01. The van der Waals surface area contributed by atoms with Gasteiger partial charge in [-0.2, -0.15) is 13.2 Å². The van der Waals surface area contributed by atoms with E-state index in [1.807, 2.05) is 0 Å². The molecule has 1 amide bonds. The average Bonchev–Trinajstić information content (AvgIpc) is 2.88. The molecule has 5 nitrogen and oxygen atoms in total. The Morgan fingerprint density at radius 1 is 1.25 bits per heavy atom. The van der Waals surface area contributed by atoms with E-state index in [9.17, 15) is 26.7 Å². The third-order valence-corrected chi connectivity index (χ3v) is 3.80. The van der Waals surface area contributed by atoms with E-state index in [1.54, 1.807) is 6.08 Å². The van der Waals surface area contributed by atoms with Crippen molar-refractivity contribution < 1.29 is 26.7 Å². The number of alkyl halides is 5. The second kappa shape index (κ2) is 5.32. The largest absolute Gasteiger partial charge is 0.419 e. The van der Waals surface area contributed by atoms with E-state index in [0.717, 1.165) is 17.0 Å². The fraction of sp³-hybridized carbons (Fsp3) is 0.429. The zero-order valence-electron chi connectivity index (χ0n) is 12.5. The van der Waals surface area contributed by atoms with Gasteiger partial charge >= 0.3 is 6.18 Å². The van der Waals surface area contributed by atoms with E-state index in [-0.39, 0.29) is 18.3 Å². The van der Waals surface area contributed by atoms with Crippen molar-refractivity contribution in [3.8, 4) is 0 Å². The van der Waals surface area contributed by atoms with Crippen molar-refractivity contribution in [3.05, 3.63) is 29.8 Å². The van der Waals surface area contributed by atoms with Gasteiger partial charge in [0, 0.05) is 13.1 Å². The van der Waals surface area contributed by atoms with E-state index in [1.165, 1.54) is 23.1 Å². The van der Waals surface area contributed by atoms with Crippen LogP contribution in [-0.4, -0.2) is 48.5 Å². The standard InChI is InChI=1S/C14H13F5N4O/c1-21(23-6-2-3-11(23)24)10-5-4-9(14(17,18)19)12(20-10)22-7-13(15,16)8-22/h2-5H,6-8H2,1H3. The van der Waals surface area contributed by atoms with Crippen LogP contribution in [0.25, 0.3) is 0 Å². The number of halogens is 5. The molecule has 0 spiro atoms. The van der Waals surface area contributed by atoms with E-state index >= 15 is 0 Å². The Kier molecular flexibility index (Phi) is 3.65. The second-order valence-electron chi connectivity index (χ2n) is 5.60. The number of carbonyl (C=O) groups is 1. The second-order valence-corrected chi connectivity index (χ2v) is 5.60. The maximum atomic E-state index is 13.1. The SMILES string of the molecule is CN(c1ccc(C(F)(F)F)c(N2CC(F)(F)C2)n1)N1CC=CC1=O. The number of hydrogen-bond donors (Lipinski definition) is 0. The molecule has 0 bridgehead atoms. The number of rotatable bonds is 3. The van der Waals surface area contributed by atoms with Crippen molar-refractivity contribution in [2.24, 2.45) is 0 Å². The van der Waals surface area contributed by atoms with Crippen molar-refractivity contribution in [1.29, 1.82) is 0 Å². The minimum atomic E-state index is -4.71. The Morgan fingerprint density at radius 2 is 1.92 bits per heavy atom. The summed E-state index contributed by atoms with van der Waals surface area (Å²) in [6.07, 6.45) is -1.79. The Bertz CT molecular complexity index is 695. The molecule has 0 aromatic carbocycles. The topological polar surface area (TPSA) is 39.7 Å². The highest BCUT2D eigenvalue weighted by atomic mass is 19.4. The van der Waals surface area contributed by atoms with Crippen LogP contribution in [0.1, 0.15) is 5.56 Å². The zero-order valence-corrected chi connectivity index (χ0v) is 12.5. The Labute approximate surface area is 133 Å². The quantitative estimate of drug-likeness (QED) is 0.786. The summed E-state index contributed by atoms with van der Waals surface area (Å²) in [5, 5.41) is 2.56. The van der Waals surface area contributed by atoms with Crippen LogP contribution in [0.5, 0.6) is 0 Å². The van der Waals surface area contributed by atoms with E-state index in [0.29, 0.717) is 0 Å². The summed E-state index contributed by atoms with van der Waals surface area (Å²) in [6.45, 7) is -1.38. The lowest BCUT2D eigenvalue weighted by molar-refractivity contribution is -0.137. The summed E-state index contributed by atoms with van der Waals surface area (Å²) >= 11 is 0. The molecule has 0 aliphatic carbocycles. The maximum absolute atomic E-state index is 13.1. The van der Waals surface area contributed by atoms with Gasteiger partial charge in [-0.05, 0) is 12.1 Å². The molecule has 0 saturated carbocycles. The van der Waals surface area contributed by atoms with Gasteiger partial charge in [0.2, 0.25) is 0 Å². The zero-order chi connectivity index (χ0) is 17.7. The molecule has 3 heterocycles. The average molecular weight is 348 g/mol. The van der Waals surface area contributed by atoms with Crippen molar-refractivity contribution in [2.75, 3.05) is 36.6 Å². The molecule has 0 atom stereocenters. The Hall–Kier alpha value is -2.39. The highest BCUT2D eigenvalue weighted by Crippen LogP contribution is 2.40. The van der Waals surface area contributed by atoms with Crippen LogP contribution in [-0.2, 0) is 11.0 Å². The summed E-state index contributed by atoms with van der Waals surface area (Å²) in [5.41, 5.74) is -1.08. The van der Waals surface area contributed by atoms with Crippen molar-refractivity contribution in [2.45, 2.75) is 12.1 Å². The molecule has 3 rings (SSSR count). The van der Waals surface area contributed by atoms with Gasteiger partial charge in [0.05, 0.1) is 25.2 Å². The van der Waals surface area contributed by atoms with E-state index < -0.39 is 36.6 Å². The number of aromatic nitrogens is 1. The Balaban J connectivity index is 1.94. The summed E-state index contributed by atoms with van der Waals surface area (Å²) in [4.78, 5) is 16.4. The minimum absolute atomic E-state index is 0.0604. The van der Waals surface area contributed by atoms with Crippen molar-refractivity contribution >= 4 is 17.5 Å². The predicted molar refractivity (Wildman–Crippen MR) is 75.7 cm³/mol. The number of hydrazine groups is 1. The molecule has 24 heavy (non-hydrogen) atoms. The molecule has 10 heteroatoms. The fourth-order valence-corrected chi connectivity index (χ4v) is 2.57. The number of nitrogens with zero attached hydrogens (tertiary/aromatic N) is 4. The highest BCUT2D eigenvalue weighted by molar-refractivity contribution is 5.91. The van der Waals surface area contributed by atoms with Gasteiger partial charge in [0.15, 0.2) is 0 Å². The predicted octanol–water partition coefficient (Wildman–Crippen LogP) is 2.31. The first-order valence-electron chi connectivity index (χ1n) is 7.01. The van der Waals surface area contributed by atoms with Crippen LogP contribution in [0.3, 0.4) is 0 Å². The number of carbonyl (C=O) groups excluding carboxylic acids is 1. The number of amides is 1. The van der Waals surface area contributed by atoms with Gasteiger partial charge in [0.1, 0.15) is 11.6 Å². The number of anilines is 2. The minimum Gasteiger partial charge on any atom is -0.344 e. The van der Waals surface area contributed by atoms with Crippen LogP contribution < -0.4 is 9.91 Å². The van der Waals surface area contributed by atoms with Gasteiger partial charge in [-0.3, -0.25) is 9.80 Å². The molecule has 2 aliphatic rings. The molecule has 1 aromatic rings. The van der Waals surface area contributed by atoms with E-state index in [4.69, 9.17) is 0 Å². The van der Waals surface area contributed by atoms with Gasteiger partial charge < -0.3 is 4.90 Å². The summed E-state index contributed by atoms with van der Waals surface area (Å²) < 4.78 is 65.4. The molecule has 1 aromatic heterocycles. The normalized spacial score (nSPS) is 19.7. The summed E-state index contributed by atoms with van der Waals surface area (Å²) in [7, 11) is 1.47. The number of hydrogen-bond acceptors (Lipinski definition) is 4. The fourth-order valence-electron chi connectivity index (χ4n) is 2.57. The van der Waals surface area contributed by atoms with E-state index in [2.05, 4.69) is 4.98 Å². The monoisotopic (exact) mass is 348 g/mol. The Morgan fingerprint density at radius 3 is 2.42 bits per heavy atom. The van der Waals surface area contributed by atoms with Crippen LogP contribution in [0, 0.1) is 0 Å². The summed E-state index contributed by atoms with van der Waals surface area (Å²) in [6, 6.07) is 1.90. The maximum Gasteiger partial charge on any atom is 0.419 e. The van der Waals surface area contributed by atoms with Crippen LogP contribution in [0.15, 0.2) is 24.3 Å². The smallest absolute Gasteiger partial charge is 0.344 e. The first kappa shape index (κ1) is 16.5. The van der Waals surface area contributed by atoms with Crippen molar-refractivity contribution in [1.82, 2.24) is 9.99 Å². The molecule has 1 fully saturated rings. The number of pyridine rings is 1. The van der Waals surface area contributed by atoms with Crippen molar-refractivity contribution in [3.63, 3.8) is 0 Å². The van der Waals surface area contributed by atoms with Gasteiger partial charge in [0.25, 0.3) is 11.8 Å². The first-order chi connectivity index (χ1) is 11.1. The van der Waals surface area contributed by atoms with Gasteiger partial charge in [-0.15, -0.1) is 0 Å². The van der Waals surface area contributed by atoms with Crippen LogP contribution in [0.2, 0.25) is 0 Å². The molecular formula is C14H13F5N4O. The molecule has 2 aliphatic heterocycles. The third kappa shape index (κ3) is 2.87.